The molecule has 0 spiro atoms. The number of carbonyl (C=O) groups excluding carboxylic acids is 2. The quantitative estimate of drug-likeness (QED) is 0.572. The fraction of sp³-hybridized carbons (Fsp3) is 0.471. The number of urea groups is 1. The molecule has 0 saturated heterocycles. The van der Waals surface area contributed by atoms with Crippen molar-refractivity contribution in [1.29, 1.82) is 0 Å². The lowest BCUT2D eigenvalue weighted by molar-refractivity contribution is -0.147. The molecular weight excluding hydrogens is 326 g/mol. The van der Waals surface area contributed by atoms with Gasteiger partial charge in [0.25, 0.3) is 0 Å². The number of hydrogen-bond acceptors (Lipinski definition) is 5. The van der Waals surface area contributed by atoms with Crippen LogP contribution in [0.2, 0.25) is 0 Å². The molecule has 25 heavy (non-hydrogen) atoms. The standard InChI is InChI=1S/C17H25N3O5/c1-3-14(16(22)23)20(11-15(21)25-4-2)17(24)19-10-13-7-5-6-12(8-13)9-18/h5-8,14H,3-4,9-11,18H2,1-2H3,(H,19,24)(H,22,23). The number of nitrogens with one attached hydrogen (secondary N) is 1. The average molecular weight is 351 g/mol. The Morgan fingerprint density at radius 1 is 1.28 bits per heavy atom. The Labute approximate surface area is 146 Å². The van der Waals surface area contributed by atoms with Crippen molar-refractivity contribution in [3.05, 3.63) is 35.4 Å². The van der Waals surface area contributed by atoms with E-state index in [0.29, 0.717) is 6.54 Å². The highest BCUT2D eigenvalue weighted by molar-refractivity contribution is 5.86. The van der Waals surface area contributed by atoms with E-state index >= 15 is 0 Å². The van der Waals surface area contributed by atoms with Crippen molar-refractivity contribution in [1.82, 2.24) is 10.2 Å². The number of ether oxygens (including phenoxy) is 1. The first-order valence-corrected chi connectivity index (χ1v) is 8.13. The number of esters is 1. The molecule has 0 aliphatic carbocycles. The Morgan fingerprint density at radius 3 is 2.52 bits per heavy atom. The summed E-state index contributed by atoms with van der Waals surface area (Å²) in [5.41, 5.74) is 7.34. The monoisotopic (exact) mass is 351 g/mol. The van der Waals surface area contributed by atoms with Gasteiger partial charge in [-0.05, 0) is 24.5 Å². The Bertz CT molecular complexity index is 606. The van der Waals surface area contributed by atoms with Crippen molar-refractivity contribution < 1.29 is 24.2 Å². The van der Waals surface area contributed by atoms with Gasteiger partial charge in [0.15, 0.2) is 0 Å². The van der Waals surface area contributed by atoms with Gasteiger partial charge in [-0.25, -0.2) is 9.59 Å². The molecule has 0 heterocycles. The second kappa shape index (κ2) is 10.3. The molecular formula is C17H25N3O5. The third-order valence-electron chi connectivity index (χ3n) is 3.58. The maximum absolute atomic E-state index is 12.4. The van der Waals surface area contributed by atoms with E-state index in [1.807, 2.05) is 24.3 Å². The molecule has 0 bridgehead atoms. The second-order valence-electron chi connectivity index (χ2n) is 5.38. The molecule has 0 aromatic heterocycles. The summed E-state index contributed by atoms with van der Waals surface area (Å²) in [5, 5.41) is 11.9. The second-order valence-corrected chi connectivity index (χ2v) is 5.38. The summed E-state index contributed by atoms with van der Waals surface area (Å²) in [6.45, 7) is 3.59. The van der Waals surface area contributed by atoms with Crippen LogP contribution in [0.25, 0.3) is 0 Å². The first-order valence-electron chi connectivity index (χ1n) is 8.13. The highest BCUT2D eigenvalue weighted by Gasteiger charge is 2.30. The number of nitrogens with two attached hydrogens (primary N) is 1. The van der Waals surface area contributed by atoms with Crippen molar-refractivity contribution in [2.75, 3.05) is 13.2 Å². The first-order chi connectivity index (χ1) is 11.9. The van der Waals surface area contributed by atoms with E-state index in [1.54, 1.807) is 13.8 Å². The van der Waals surface area contributed by atoms with Gasteiger partial charge in [-0.3, -0.25) is 9.69 Å². The fourth-order valence-electron chi connectivity index (χ4n) is 2.34. The summed E-state index contributed by atoms with van der Waals surface area (Å²) >= 11 is 0. The van der Waals surface area contributed by atoms with Gasteiger partial charge in [0.2, 0.25) is 0 Å². The number of nitrogens with zero attached hydrogens (tertiary/aromatic N) is 1. The predicted molar refractivity (Wildman–Crippen MR) is 91.6 cm³/mol. The van der Waals surface area contributed by atoms with Crippen LogP contribution in [0.4, 0.5) is 4.79 Å². The smallest absolute Gasteiger partial charge is 0.326 e. The van der Waals surface area contributed by atoms with E-state index < -0.39 is 30.6 Å². The molecule has 1 rings (SSSR count). The van der Waals surface area contributed by atoms with Crippen molar-refractivity contribution >= 4 is 18.0 Å². The molecule has 1 unspecified atom stereocenters. The molecule has 1 atom stereocenters. The van der Waals surface area contributed by atoms with Gasteiger partial charge in [0, 0.05) is 13.1 Å². The molecule has 0 fully saturated rings. The van der Waals surface area contributed by atoms with E-state index in [4.69, 9.17) is 10.5 Å². The van der Waals surface area contributed by atoms with Gasteiger partial charge < -0.3 is 20.9 Å². The summed E-state index contributed by atoms with van der Waals surface area (Å²) in [5.74, 6) is -1.82. The third-order valence-corrected chi connectivity index (χ3v) is 3.58. The maximum atomic E-state index is 12.4. The molecule has 0 saturated carbocycles. The van der Waals surface area contributed by atoms with Crippen LogP contribution >= 0.6 is 0 Å². The number of hydrogen-bond donors (Lipinski definition) is 3. The Kier molecular flexibility index (Phi) is 8.42. The van der Waals surface area contributed by atoms with Gasteiger partial charge in [-0.15, -0.1) is 0 Å². The van der Waals surface area contributed by atoms with Crippen LogP contribution in [-0.2, 0) is 27.4 Å². The number of carbonyl (C=O) groups is 3. The Balaban J connectivity index is 2.83. The van der Waals surface area contributed by atoms with E-state index in [-0.39, 0.29) is 19.6 Å². The van der Waals surface area contributed by atoms with Gasteiger partial charge >= 0.3 is 18.0 Å². The average Bonchev–Trinajstić information content (AvgIpc) is 2.59. The van der Waals surface area contributed by atoms with Gasteiger partial charge in [0.1, 0.15) is 12.6 Å². The Morgan fingerprint density at radius 2 is 1.96 bits per heavy atom. The van der Waals surface area contributed by atoms with Crippen LogP contribution in [0.3, 0.4) is 0 Å². The van der Waals surface area contributed by atoms with E-state index in [1.165, 1.54) is 0 Å². The highest BCUT2D eigenvalue weighted by atomic mass is 16.5. The number of aliphatic carboxylic acids is 1. The zero-order valence-electron chi connectivity index (χ0n) is 14.5. The van der Waals surface area contributed by atoms with Crippen molar-refractivity contribution in [2.45, 2.75) is 39.4 Å². The third kappa shape index (κ3) is 6.42. The lowest BCUT2D eigenvalue weighted by Gasteiger charge is -2.27. The summed E-state index contributed by atoms with van der Waals surface area (Å²) in [6, 6.07) is 5.62. The number of rotatable bonds is 9. The topological polar surface area (TPSA) is 122 Å². The summed E-state index contributed by atoms with van der Waals surface area (Å²) < 4.78 is 4.82. The van der Waals surface area contributed by atoms with Gasteiger partial charge in [0.05, 0.1) is 6.61 Å². The van der Waals surface area contributed by atoms with E-state index in [2.05, 4.69) is 5.32 Å². The number of benzene rings is 1. The van der Waals surface area contributed by atoms with Crippen LogP contribution in [0.5, 0.6) is 0 Å². The normalized spacial score (nSPS) is 11.5. The molecule has 8 nitrogen and oxygen atoms in total. The SMILES string of the molecule is CCOC(=O)CN(C(=O)NCc1cccc(CN)c1)C(CC)C(=O)O. The predicted octanol–water partition coefficient (Wildman–Crippen LogP) is 1.08. The van der Waals surface area contributed by atoms with Gasteiger partial charge in [-0.2, -0.15) is 0 Å². The minimum Gasteiger partial charge on any atom is -0.480 e. The Hall–Kier alpha value is -2.61. The van der Waals surface area contributed by atoms with E-state index in [9.17, 15) is 19.5 Å². The zero-order valence-corrected chi connectivity index (χ0v) is 14.5. The molecule has 2 amide bonds. The molecule has 138 valence electrons. The number of amides is 2. The van der Waals surface area contributed by atoms with Crippen molar-refractivity contribution in [3.63, 3.8) is 0 Å². The molecule has 0 aliphatic heterocycles. The van der Waals surface area contributed by atoms with Crippen molar-refractivity contribution in [3.8, 4) is 0 Å². The van der Waals surface area contributed by atoms with E-state index in [0.717, 1.165) is 16.0 Å². The van der Waals surface area contributed by atoms with Crippen LogP contribution in [0.1, 0.15) is 31.4 Å². The lowest BCUT2D eigenvalue weighted by atomic mass is 10.1. The molecule has 4 N–H and O–H groups in total. The lowest BCUT2D eigenvalue weighted by Crippen LogP contribution is -2.51. The summed E-state index contributed by atoms with van der Waals surface area (Å²) in [7, 11) is 0. The summed E-state index contributed by atoms with van der Waals surface area (Å²) in [4.78, 5) is 36.5. The van der Waals surface area contributed by atoms with Crippen LogP contribution in [0.15, 0.2) is 24.3 Å². The molecule has 1 aromatic carbocycles. The summed E-state index contributed by atoms with van der Waals surface area (Å²) in [6.07, 6.45) is 0.171. The zero-order chi connectivity index (χ0) is 18.8. The number of carboxylic acid groups (broad SMARTS) is 1. The van der Waals surface area contributed by atoms with Crippen LogP contribution in [0, 0.1) is 0 Å². The molecule has 0 radical (unpaired) electrons. The number of carboxylic acids is 1. The molecule has 0 aliphatic rings. The van der Waals surface area contributed by atoms with Crippen molar-refractivity contribution in [2.24, 2.45) is 5.73 Å². The minimum absolute atomic E-state index is 0.157. The largest absolute Gasteiger partial charge is 0.480 e. The fourth-order valence-corrected chi connectivity index (χ4v) is 2.34. The van der Waals surface area contributed by atoms with Crippen LogP contribution in [-0.4, -0.2) is 47.2 Å². The van der Waals surface area contributed by atoms with Crippen LogP contribution < -0.4 is 11.1 Å². The highest BCUT2D eigenvalue weighted by Crippen LogP contribution is 2.08. The minimum atomic E-state index is -1.17. The molecule has 8 heteroatoms. The first kappa shape index (κ1) is 20.4. The van der Waals surface area contributed by atoms with Gasteiger partial charge in [-0.1, -0.05) is 31.2 Å². The molecule has 1 aromatic rings. The maximum Gasteiger partial charge on any atom is 0.326 e.